The highest BCUT2D eigenvalue weighted by Gasteiger charge is 2.09. The third-order valence-corrected chi connectivity index (χ3v) is 2.28. The van der Waals surface area contributed by atoms with Gasteiger partial charge >= 0.3 is 5.97 Å². The summed E-state index contributed by atoms with van der Waals surface area (Å²) in [5.41, 5.74) is 0.799. The van der Waals surface area contributed by atoms with E-state index >= 15 is 0 Å². The van der Waals surface area contributed by atoms with E-state index in [2.05, 4.69) is 9.97 Å². The number of carboxylic acids is 1. The van der Waals surface area contributed by atoms with Crippen LogP contribution >= 0.6 is 0 Å². The van der Waals surface area contributed by atoms with E-state index in [4.69, 9.17) is 9.84 Å². The van der Waals surface area contributed by atoms with Gasteiger partial charge in [0.05, 0.1) is 13.0 Å². The maximum absolute atomic E-state index is 10.5. The molecule has 0 aromatic carbocycles. The van der Waals surface area contributed by atoms with Gasteiger partial charge in [0, 0.05) is 25.4 Å². The molecule has 1 heterocycles. The lowest BCUT2D eigenvalue weighted by Gasteiger charge is -2.17. The van der Waals surface area contributed by atoms with Crippen LogP contribution in [0.15, 0.2) is 6.07 Å². The molecule has 0 atom stereocenters. The molecule has 18 heavy (non-hydrogen) atoms. The van der Waals surface area contributed by atoms with E-state index in [-0.39, 0.29) is 6.42 Å². The Labute approximate surface area is 107 Å². The summed E-state index contributed by atoms with van der Waals surface area (Å²) in [6, 6.07) is 1.77. The van der Waals surface area contributed by atoms with Crippen LogP contribution in [0, 0.1) is 6.92 Å². The number of carboxylic acid groups (broad SMARTS) is 1. The van der Waals surface area contributed by atoms with Crippen LogP contribution in [0.2, 0.25) is 0 Å². The molecule has 0 fully saturated rings. The van der Waals surface area contributed by atoms with Gasteiger partial charge in [-0.1, -0.05) is 6.92 Å². The van der Waals surface area contributed by atoms with Gasteiger partial charge in [-0.05, 0) is 13.3 Å². The quantitative estimate of drug-likeness (QED) is 0.793. The van der Waals surface area contributed by atoms with Crippen molar-refractivity contribution in [2.24, 2.45) is 0 Å². The van der Waals surface area contributed by atoms with Gasteiger partial charge in [-0.3, -0.25) is 4.79 Å². The lowest BCUT2D eigenvalue weighted by Crippen LogP contribution is -2.23. The molecular formula is C12H19N3O3. The lowest BCUT2D eigenvalue weighted by atomic mass is 10.4. The lowest BCUT2D eigenvalue weighted by molar-refractivity contribution is -0.136. The number of aromatic nitrogens is 2. The standard InChI is InChI=1S/C12H19N3O3/c1-4-7-18-10-8-9(2)13-12(14-10)15(3)6-5-11(16)17/h8H,4-7H2,1-3H3,(H,16,17). The molecule has 0 aliphatic carbocycles. The maximum atomic E-state index is 10.5. The molecule has 0 radical (unpaired) electrons. The third kappa shape index (κ3) is 4.57. The molecule has 1 rings (SSSR count). The fourth-order valence-electron chi connectivity index (χ4n) is 1.34. The SMILES string of the molecule is CCCOc1cc(C)nc(N(C)CCC(=O)O)n1. The zero-order chi connectivity index (χ0) is 13.5. The Hall–Kier alpha value is -1.85. The van der Waals surface area contributed by atoms with Crippen molar-refractivity contribution in [1.82, 2.24) is 9.97 Å². The molecular weight excluding hydrogens is 234 g/mol. The van der Waals surface area contributed by atoms with E-state index in [9.17, 15) is 4.79 Å². The average molecular weight is 253 g/mol. The number of aliphatic carboxylic acids is 1. The second kappa shape index (κ2) is 6.78. The van der Waals surface area contributed by atoms with Crippen molar-refractivity contribution < 1.29 is 14.6 Å². The van der Waals surface area contributed by atoms with Gasteiger partial charge in [-0.15, -0.1) is 0 Å². The van der Waals surface area contributed by atoms with Crippen molar-refractivity contribution in [2.75, 3.05) is 25.1 Å². The number of hydrogen-bond donors (Lipinski definition) is 1. The molecule has 0 saturated carbocycles. The normalized spacial score (nSPS) is 10.2. The van der Waals surface area contributed by atoms with Crippen molar-refractivity contribution in [3.63, 3.8) is 0 Å². The summed E-state index contributed by atoms with van der Waals surface area (Å²) in [4.78, 5) is 20.7. The largest absolute Gasteiger partial charge is 0.481 e. The molecule has 0 bridgehead atoms. The molecule has 0 aliphatic rings. The number of carbonyl (C=O) groups is 1. The van der Waals surface area contributed by atoms with E-state index in [1.54, 1.807) is 18.0 Å². The Morgan fingerprint density at radius 2 is 2.22 bits per heavy atom. The van der Waals surface area contributed by atoms with Crippen molar-refractivity contribution in [3.05, 3.63) is 11.8 Å². The minimum atomic E-state index is -0.836. The summed E-state index contributed by atoms with van der Waals surface area (Å²) >= 11 is 0. The highest BCUT2D eigenvalue weighted by molar-refractivity contribution is 5.67. The van der Waals surface area contributed by atoms with Gasteiger partial charge in [-0.25, -0.2) is 4.98 Å². The highest BCUT2D eigenvalue weighted by Crippen LogP contribution is 2.14. The van der Waals surface area contributed by atoms with Crippen LogP contribution in [0.4, 0.5) is 5.95 Å². The summed E-state index contributed by atoms with van der Waals surface area (Å²) in [7, 11) is 1.77. The smallest absolute Gasteiger partial charge is 0.305 e. The van der Waals surface area contributed by atoms with Crippen LogP contribution in [0.3, 0.4) is 0 Å². The van der Waals surface area contributed by atoms with Crippen LogP contribution < -0.4 is 9.64 Å². The Morgan fingerprint density at radius 1 is 1.50 bits per heavy atom. The molecule has 1 aromatic rings. The second-order valence-electron chi connectivity index (χ2n) is 4.06. The molecule has 1 N–H and O–H groups in total. The number of nitrogens with zero attached hydrogens (tertiary/aromatic N) is 3. The van der Waals surface area contributed by atoms with Gasteiger partial charge < -0.3 is 14.7 Å². The molecule has 100 valence electrons. The first-order chi connectivity index (χ1) is 8.52. The van der Waals surface area contributed by atoms with Gasteiger partial charge in [0.2, 0.25) is 11.8 Å². The van der Waals surface area contributed by atoms with Crippen molar-refractivity contribution in [3.8, 4) is 5.88 Å². The van der Waals surface area contributed by atoms with Gasteiger partial charge in [-0.2, -0.15) is 4.98 Å². The molecule has 0 spiro atoms. The van der Waals surface area contributed by atoms with Crippen LogP contribution in [0.5, 0.6) is 5.88 Å². The van der Waals surface area contributed by atoms with E-state index in [0.29, 0.717) is 25.0 Å². The summed E-state index contributed by atoms with van der Waals surface area (Å²) in [6.45, 7) is 4.85. The van der Waals surface area contributed by atoms with Crippen molar-refractivity contribution in [1.29, 1.82) is 0 Å². The van der Waals surface area contributed by atoms with E-state index < -0.39 is 5.97 Å². The van der Waals surface area contributed by atoms with Crippen molar-refractivity contribution >= 4 is 11.9 Å². The minimum Gasteiger partial charge on any atom is -0.481 e. The molecule has 0 amide bonds. The first kappa shape index (κ1) is 14.2. The molecule has 0 saturated heterocycles. The molecule has 6 heteroatoms. The predicted octanol–water partition coefficient (Wildman–Crippen LogP) is 1.48. The van der Waals surface area contributed by atoms with Gasteiger partial charge in [0.15, 0.2) is 0 Å². The van der Waals surface area contributed by atoms with Gasteiger partial charge in [0.1, 0.15) is 0 Å². The molecule has 0 aliphatic heterocycles. The molecule has 0 unspecified atom stereocenters. The number of rotatable bonds is 7. The minimum absolute atomic E-state index is 0.0545. The van der Waals surface area contributed by atoms with Crippen LogP contribution in [-0.2, 0) is 4.79 Å². The number of ether oxygens (including phenoxy) is 1. The van der Waals surface area contributed by atoms with Crippen LogP contribution in [0.1, 0.15) is 25.5 Å². The highest BCUT2D eigenvalue weighted by atomic mass is 16.5. The van der Waals surface area contributed by atoms with Crippen LogP contribution in [-0.4, -0.2) is 41.2 Å². The summed E-state index contributed by atoms with van der Waals surface area (Å²) in [5, 5.41) is 8.64. The summed E-state index contributed by atoms with van der Waals surface area (Å²) in [6.07, 6.45) is 0.964. The van der Waals surface area contributed by atoms with Crippen LogP contribution in [0.25, 0.3) is 0 Å². The van der Waals surface area contributed by atoms with Crippen molar-refractivity contribution in [2.45, 2.75) is 26.7 Å². The van der Waals surface area contributed by atoms with E-state index in [1.807, 2.05) is 13.8 Å². The Morgan fingerprint density at radius 3 is 2.83 bits per heavy atom. The number of hydrogen-bond acceptors (Lipinski definition) is 5. The first-order valence-corrected chi connectivity index (χ1v) is 5.94. The van der Waals surface area contributed by atoms with E-state index in [1.165, 1.54) is 0 Å². The fraction of sp³-hybridized carbons (Fsp3) is 0.583. The first-order valence-electron chi connectivity index (χ1n) is 5.94. The zero-order valence-corrected chi connectivity index (χ0v) is 11.0. The molecule has 1 aromatic heterocycles. The van der Waals surface area contributed by atoms with Gasteiger partial charge in [0.25, 0.3) is 0 Å². The summed E-state index contributed by atoms with van der Waals surface area (Å²) in [5.74, 6) is 0.181. The number of anilines is 1. The Bertz CT molecular complexity index is 410. The molecule has 6 nitrogen and oxygen atoms in total. The topological polar surface area (TPSA) is 75.5 Å². The fourth-order valence-corrected chi connectivity index (χ4v) is 1.34. The monoisotopic (exact) mass is 253 g/mol. The Kier molecular flexibility index (Phi) is 5.35. The second-order valence-corrected chi connectivity index (χ2v) is 4.06. The predicted molar refractivity (Wildman–Crippen MR) is 68.1 cm³/mol. The maximum Gasteiger partial charge on any atom is 0.305 e. The zero-order valence-electron chi connectivity index (χ0n) is 11.0. The average Bonchev–Trinajstić information content (AvgIpc) is 2.32. The number of aryl methyl sites for hydroxylation is 1. The third-order valence-electron chi connectivity index (χ3n) is 2.28. The summed E-state index contributed by atoms with van der Waals surface area (Å²) < 4.78 is 5.46. The van der Waals surface area contributed by atoms with E-state index in [0.717, 1.165) is 12.1 Å². The Balaban J connectivity index is 2.74.